The van der Waals surface area contributed by atoms with Crippen molar-refractivity contribution in [2.45, 2.75) is 77.0 Å². The van der Waals surface area contributed by atoms with Gasteiger partial charge in [0.25, 0.3) is 0 Å². The molecule has 0 saturated carbocycles. The maximum Gasteiger partial charge on any atom is 0.123 e. The Morgan fingerprint density at radius 3 is 0.903 bits per heavy atom. The molecule has 0 unspecified atom stereocenters. The first-order chi connectivity index (χ1) is 30.7. The summed E-state index contributed by atoms with van der Waals surface area (Å²) in [6.07, 6.45) is 20.8. The van der Waals surface area contributed by atoms with Gasteiger partial charge in [-0.25, -0.2) is 0 Å². The summed E-state index contributed by atoms with van der Waals surface area (Å²) in [6, 6.07) is 20.9. The Morgan fingerprint density at radius 1 is 0.371 bits per heavy atom. The van der Waals surface area contributed by atoms with Crippen molar-refractivity contribution in [3.63, 3.8) is 0 Å². The maximum atomic E-state index is 6.23. The highest BCUT2D eigenvalue weighted by atomic mass is 16.5. The van der Waals surface area contributed by atoms with Crippen LogP contribution in [0.1, 0.15) is 99.3 Å². The first-order valence-electron chi connectivity index (χ1n) is 23.1. The van der Waals surface area contributed by atoms with Gasteiger partial charge in [-0.1, -0.05) is 48.6 Å². The zero-order valence-corrected chi connectivity index (χ0v) is 36.5. The number of rotatable bonds is 24. The predicted octanol–water partition coefficient (Wildman–Crippen LogP) is 8.23. The largest absolute Gasteiger partial charge is 0.493 e. The minimum absolute atomic E-state index is 0.614. The molecule has 4 aliphatic rings. The van der Waals surface area contributed by atoms with Crippen molar-refractivity contribution < 1.29 is 18.9 Å². The van der Waals surface area contributed by atoms with Gasteiger partial charge in [-0.15, -0.1) is 0 Å². The number of benzene rings is 3. The number of nitrogens with one attached hydrogen (secondary N) is 4. The minimum Gasteiger partial charge on any atom is -0.493 e. The first-order valence-corrected chi connectivity index (χ1v) is 23.1. The highest BCUT2D eigenvalue weighted by Crippen LogP contribution is 2.27. The fourth-order valence-corrected chi connectivity index (χ4v) is 7.53. The van der Waals surface area contributed by atoms with Crippen molar-refractivity contribution in [2.24, 2.45) is 20.0 Å². The third-order valence-electron chi connectivity index (χ3n) is 10.9. The Bertz CT molecular complexity index is 1790. The molecule has 0 aromatic heterocycles. The monoisotopic (exact) mass is 843 g/mol. The Hall–Kier alpha value is -5.78. The number of hydrogen-bond donors (Lipinski definition) is 4. The van der Waals surface area contributed by atoms with E-state index in [2.05, 4.69) is 114 Å². The molecular weight excluding hydrogens is 777 g/mol. The molecule has 0 bridgehead atoms. The lowest BCUT2D eigenvalue weighted by Gasteiger charge is -2.12. The molecule has 4 heterocycles. The van der Waals surface area contributed by atoms with Gasteiger partial charge in [0.2, 0.25) is 0 Å². The third-order valence-corrected chi connectivity index (χ3v) is 10.9. The van der Waals surface area contributed by atoms with Gasteiger partial charge in [-0.3, -0.25) is 20.0 Å². The van der Waals surface area contributed by atoms with Gasteiger partial charge in [-0.05, 0) is 97.9 Å². The van der Waals surface area contributed by atoms with Crippen molar-refractivity contribution in [2.75, 3.05) is 78.8 Å². The Balaban J connectivity index is 0.935. The van der Waals surface area contributed by atoms with Gasteiger partial charge < -0.3 is 40.2 Å². The molecule has 0 saturated heterocycles. The van der Waals surface area contributed by atoms with Gasteiger partial charge >= 0.3 is 0 Å². The van der Waals surface area contributed by atoms with Gasteiger partial charge in [0.05, 0.1) is 49.8 Å². The topological polar surface area (TPSA) is 134 Å². The van der Waals surface area contributed by atoms with E-state index < -0.39 is 0 Å². The van der Waals surface area contributed by atoms with E-state index in [-0.39, 0.29) is 0 Å². The van der Waals surface area contributed by atoms with Gasteiger partial charge in [-0.2, -0.15) is 0 Å². The van der Waals surface area contributed by atoms with Crippen LogP contribution in [0.2, 0.25) is 0 Å². The summed E-state index contributed by atoms with van der Waals surface area (Å²) >= 11 is 0. The molecule has 0 atom stereocenters. The van der Waals surface area contributed by atoms with Crippen LogP contribution in [0.5, 0.6) is 23.0 Å². The van der Waals surface area contributed by atoms with Crippen molar-refractivity contribution in [1.29, 1.82) is 0 Å². The molecule has 12 heteroatoms. The Kier molecular flexibility index (Phi) is 18.0. The standard InChI is InChI=1S/C50H66N8O4/c1-9-47(51-21-1)55-25-5-29-59-43-33-41(34-44(37-43)60-30-6-26-56-48-10-2-22-52-48)19-17-39-13-15-40(16-14-39)18-20-42-35-45(61-31-7-27-57-49-11-3-23-53-49)38-46(36-42)62-32-8-28-58-50-12-4-24-54-50/h13-20,33-38H,1-12,21-32H2,(H,51,55)(H,52,56)(H,53,57)(H,54,58)/b19-17+,20-18+. The van der Waals surface area contributed by atoms with Crippen LogP contribution in [0.25, 0.3) is 24.3 Å². The zero-order valence-electron chi connectivity index (χ0n) is 36.5. The van der Waals surface area contributed by atoms with Crippen molar-refractivity contribution >= 4 is 47.6 Å². The fraction of sp³-hybridized carbons (Fsp3) is 0.480. The molecule has 62 heavy (non-hydrogen) atoms. The van der Waals surface area contributed by atoms with Crippen LogP contribution in [-0.2, 0) is 0 Å². The second-order valence-electron chi connectivity index (χ2n) is 16.1. The summed E-state index contributed by atoms with van der Waals surface area (Å²) < 4.78 is 24.9. The van der Waals surface area contributed by atoms with Gasteiger partial charge in [0.15, 0.2) is 0 Å². The van der Waals surface area contributed by atoms with Crippen LogP contribution < -0.4 is 40.2 Å². The van der Waals surface area contributed by atoms with Crippen LogP contribution in [0.3, 0.4) is 0 Å². The van der Waals surface area contributed by atoms with Gasteiger partial charge in [0, 0.05) is 90.2 Å². The van der Waals surface area contributed by atoms with E-state index in [0.29, 0.717) is 26.4 Å². The molecule has 0 aliphatic carbocycles. The molecule has 4 aliphatic heterocycles. The fourth-order valence-electron chi connectivity index (χ4n) is 7.53. The van der Waals surface area contributed by atoms with E-state index in [1.54, 1.807) is 0 Å². The number of aliphatic imine (C=N–C) groups is 4. The lowest BCUT2D eigenvalue weighted by Crippen LogP contribution is -2.23. The van der Waals surface area contributed by atoms with Crippen LogP contribution in [-0.4, -0.2) is 102 Å². The van der Waals surface area contributed by atoms with Crippen molar-refractivity contribution in [3.8, 4) is 23.0 Å². The van der Waals surface area contributed by atoms with Crippen molar-refractivity contribution in [1.82, 2.24) is 21.3 Å². The molecule has 0 spiro atoms. The number of hydrogen-bond acceptors (Lipinski definition) is 12. The molecule has 0 fully saturated rings. The lowest BCUT2D eigenvalue weighted by molar-refractivity contribution is 0.295. The molecule has 3 aromatic rings. The Morgan fingerprint density at radius 2 is 0.645 bits per heavy atom. The normalized spacial score (nSPS) is 16.0. The quantitative estimate of drug-likeness (QED) is 0.0524. The summed E-state index contributed by atoms with van der Waals surface area (Å²) in [6.45, 7) is 9.60. The summed E-state index contributed by atoms with van der Waals surface area (Å²) in [5, 5.41) is 13.8. The summed E-state index contributed by atoms with van der Waals surface area (Å²) in [5.41, 5.74) is 4.26. The average molecular weight is 843 g/mol. The molecular formula is C50H66N8O4. The predicted molar refractivity (Wildman–Crippen MR) is 256 cm³/mol. The maximum absolute atomic E-state index is 6.23. The first kappa shape index (κ1) is 44.3. The highest BCUT2D eigenvalue weighted by Gasteiger charge is 2.10. The SMILES string of the molecule is C(=C\c1cc(OCCCNC2=NCCC2)cc(OCCCNC2=NCCC2)c1)/c1ccc(/C=C/c2cc(OCCCNC3=NCCC3)cc(OCCCNC3=NCCC3)c2)cc1. The number of ether oxygens (including phenoxy) is 4. The lowest BCUT2D eigenvalue weighted by atomic mass is 10.1. The van der Waals surface area contributed by atoms with E-state index in [4.69, 9.17) is 18.9 Å². The second kappa shape index (κ2) is 25.2. The second-order valence-corrected chi connectivity index (χ2v) is 16.1. The van der Waals surface area contributed by atoms with Crippen LogP contribution in [0.15, 0.2) is 80.6 Å². The van der Waals surface area contributed by atoms with E-state index in [9.17, 15) is 0 Å². The molecule has 12 nitrogen and oxygen atoms in total. The minimum atomic E-state index is 0.614. The van der Waals surface area contributed by atoms with E-state index in [1.165, 1.54) is 0 Å². The summed E-state index contributed by atoms with van der Waals surface area (Å²) in [5.74, 6) is 7.71. The van der Waals surface area contributed by atoms with Crippen LogP contribution >= 0.6 is 0 Å². The van der Waals surface area contributed by atoms with E-state index >= 15 is 0 Å². The molecule has 3 aromatic carbocycles. The summed E-state index contributed by atoms with van der Waals surface area (Å²) in [4.78, 5) is 18.0. The van der Waals surface area contributed by atoms with E-state index in [1.807, 2.05) is 12.1 Å². The highest BCUT2D eigenvalue weighted by molar-refractivity contribution is 5.84. The molecule has 4 N–H and O–H groups in total. The molecule has 0 radical (unpaired) electrons. The molecule has 0 amide bonds. The van der Waals surface area contributed by atoms with Crippen LogP contribution in [0.4, 0.5) is 0 Å². The van der Waals surface area contributed by atoms with E-state index in [0.717, 1.165) is 198 Å². The number of amidine groups is 4. The van der Waals surface area contributed by atoms with Crippen LogP contribution in [0, 0.1) is 0 Å². The van der Waals surface area contributed by atoms with Gasteiger partial charge in [0.1, 0.15) is 23.0 Å². The summed E-state index contributed by atoms with van der Waals surface area (Å²) in [7, 11) is 0. The smallest absolute Gasteiger partial charge is 0.123 e. The van der Waals surface area contributed by atoms with Crippen molar-refractivity contribution in [3.05, 3.63) is 82.9 Å². The Labute approximate surface area is 368 Å². The number of nitrogens with zero attached hydrogens (tertiary/aromatic N) is 4. The average Bonchev–Trinajstić information content (AvgIpc) is 4.16. The zero-order chi connectivity index (χ0) is 42.3. The molecule has 330 valence electrons. The third kappa shape index (κ3) is 15.9. The molecule has 7 rings (SSSR count).